The van der Waals surface area contributed by atoms with Crippen molar-refractivity contribution in [3.8, 4) is 0 Å². The Bertz CT molecular complexity index is 5170. The first-order chi connectivity index (χ1) is 66.4. The summed E-state index contributed by atoms with van der Waals surface area (Å²) < 4.78 is 0. The molecular weight excluding hydrogens is 1760 g/mol. The zero-order valence-electron chi connectivity index (χ0n) is 96.7. The van der Waals surface area contributed by atoms with Crippen LogP contribution in [0, 0.1) is 318 Å². The fourth-order valence-corrected chi connectivity index (χ4v) is 12.8. The topological polar surface area (TPSA) is 116 Å². The van der Waals surface area contributed by atoms with E-state index >= 15 is 0 Å². The summed E-state index contributed by atoms with van der Waals surface area (Å²) in [6.45, 7) is 96.0. The van der Waals surface area contributed by atoms with E-state index in [0.29, 0.717) is 0 Å². The number of hydrogen-bond acceptors (Lipinski definition) is 9. The molecule has 0 aliphatic heterocycles. The fourth-order valence-electron chi connectivity index (χ4n) is 12.8. The molecule has 9 heteroatoms. The van der Waals surface area contributed by atoms with Crippen molar-refractivity contribution in [3.63, 3.8) is 0 Å². The molecule has 0 atom stereocenters. The van der Waals surface area contributed by atoms with E-state index in [2.05, 4.69) is 469 Å². The summed E-state index contributed by atoms with van der Waals surface area (Å²) >= 11 is 0. The summed E-state index contributed by atoms with van der Waals surface area (Å²) in [5.74, 6) is 0. The van der Waals surface area contributed by atoms with Crippen molar-refractivity contribution in [1.82, 2.24) is 44.9 Å². The van der Waals surface area contributed by atoms with Gasteiger partial charge in [0.25, 0.3) is 0 Å². The number of hydrogen-bond donors (Lipinski definition) is 0. The Morgan fingerprint density at radius 1 is 0.103 bits per heavy atom. The van der Waals surface area contributed by atoms with Crippen LogP contribution in [-0.4, -0.2) is 44.9 Å². The number of aryl methyl sites for hydroxylation is 45. The molecule has 0 amide bonds. The predicted molar refractivity (Wildman–Crippen MR) is 641 cm³/mol. The highest BCUT2D eigenvalue weighted by Gasteiger charge is 2.02. The van der Waals surface area contributed by atoms with E-state index in [9.17, 15) is 0 Å². The van der Waals surface area contributed by atoms with Gasteiger partial charge in [-0.05, 0) is 522 Å². The molecular formula is C136H191N9. The van der Waals surface area contributed by atoms with Gasteiger partial charge < -0.3 is 0 Å². The molecule has 9 aromatic heterocycles. The summed E-state index contributed by atoms with van der Waals surface area (Å²) in [6, 6.07) is 68.3. The summed E-state index contributed by atoms with van der Waals surface area (Å²) in [5, 5.41) is 0. The summed E-state index contributed by atoms with van der Waals surface area (Å²) in [7, 11) is 0. The zero-order valence-corrected chi connectivity index (χ0v) is 96.7. The van der Waals surface area contributed by atoms with E-state index in [4.69, 9.17) is 0 Å². The number of pyridine rings is 9. The van der Waals surface area contributed by atoms with Crippen LogP contribution in [-0.2, 0) is 0 Å². The summed E-state index contributed by atoms with van der Waals surface area (Å²) in [5.41, 5.74) is 59.0. The minimum atomic E-state index is 0. The molecule has 0 N–H and O–H groups in total. The number of aromatic nitrogens is 9. The molecule has 7 aromatic carbocycles. The quantitative estimate of drug-likeness (QED) is 0.146. The SMILES string of the molecule is C.C.C.Cc1cc(C)c(C)c(C)c1.Cc1cc(C)c(C)cn1.Cc1cc(C)c(C)cn1.Cc1cc(C)c(C)cn1.Cc1cc(C)c(C)cn1.Cc1cc(C)c(C)cn1.Cc1ccc(C)c(C)c1.Cc1ccc(C)c(C)c1.Cc1ccc(C)c(C)c1.Cc1ccc(C)c(C)c1.Cc1ccc(C)c(C)c1.Cc1ccc(C)cc1.Cc1ccc(C)nc1.Cc1ccc(C)nc1.Cc1cnc(C)c(C)c1.Cc1cnc(C)c(C)c1. The van der Waals surface area contributed by atoms with E-state index in [1.54, 1.807) is 0 Å². The molecule has 0 bridgehead atoms. The summed E-state index contributed by atoms with van der Waals surface area (Å²) in [6.07, 6.45) is 17.1. The van der Waals surface area contributed by atoms with Gasteiger partial charge in [-0.15, -0.1) is 0 Å². The Balaban J connectivity index is -0.00000148. The molecule has 16 aromatic rings. The molecule has 0 fully saturated rings. The van der Waals surface area contributed by atoms with Gasteiger partial charge in [-0.3, -0.25) is 44.9 Å². The molecule has 9 heterocycles. The van der Waals surface area contributed by atoms with Crippen LogP contribution in [0.15, 0.2) is 250 Å². The van der Waals surface area contributed by atoms with E-state index in [0.717, 1.165) is 51.2 Å². The van der Waals surface area contributed by atoms with Crippen molar-refractivity contribution in [2.75, 3.05) is 0 Å². The van der Waals surface area contributed by atoms with Crippen molar-refractivity contribution in [3.05, 3.63) is 507 Å². The van der Waals surface area contributed by atoms with E-state index in [1.165, 1.54) is 206 Å². The van der Waals surface area contributed by atoms with Gasteiger partial charge in [0.1, 0.15) is 0 Å². The van der Waals surface area contributed by atoms with E-state index in [1.807, 2.05) is 144 Å². The van der Waals surface area contributed by atoms with Crippen LogP contribution in [0.2, 0.25) is 0 Å². The highest BCUT2D eigenvalue weighted by molar-refractivity contribution is 5.38. The van der Waals surface area contributed by atoms with Crippen LogP contribution in [0.4, 0.5) is 0 Å². The number of rotatable bonds is 0. The van der Waals surface area contributed by atoms with Gasteiger partial charge >= 0.3 is 0 Å². The summed E-state index contributed by atoms with van der Waals surface area (Å²) in [4.78, 5) is 37.2. The van der Waals surface area contributed by atoms with Gasteiger partial charge in [-0.2, -0.15) is 0 Å². The van der Waals surface area contributed by atoms with Gasteiger partial charge in [0.15, 0.2) is 0 Å². The average molecular weight is 1950 g/mol. The van der Waals surface area contributed by atoms with Gasteiger partial charge in [-0.1, -0.05) is 218 Å². The number of benzene rings is 7. The number of nitrogens with zero attached hydrogens (tertiary/aromatic N) is 9. The second kappa shape index (κ2) is 72.2. The molecule has 0 radical (unpaired) electrons. The van der Waals surface area contributed by atoms with Gasteiger partial charge in [-0.25, -0.2) is 0 Å². The molecule has 145 heavy (non-hydrogen) atoms. The molecule has 780 valence electrons. The zero-order chi connectivity index (χ0) is 108. The lowest BCUT2D eigenvalue weighted by molar-refractivity contribution is 1.12. The Hall–Kier alpha value is -13.1. The smallest absolute Gasteiger partial charge is 0.0401 e. The van der Waals surface area contributed by atoms with E-state index in [-0.39, 0.29) is 22.3 Å². The Morgan fingerprint density at radius 2 is 0.262 bits per heavy atom. The molecule has 0 unspecified atom stereocenters. The van der Waals surface area contributed by atoms with Crippen molar-refractivity contribution in [2.24, 2.45) is 0 Å². The van der Waals surface area contributed by atoms with Crippen LogP contribution in [0.25, 0.3) is 0 Å². The third kappa shape index (κ3) is 60.9. The van der Waals surface area contributed by atoms with E-state index < -0.39 is 0 Å². The van der Waals surface area contributed by atoms with Crippen LogP contribution < -0.4 is 0 Å². The monoisotopic (exact) mass is 1950 g/mol. The Morgan fingerprint density at radius 3 is 0.407 bits per heavy atom. The lowest BCUT2D eigenvalue weighted by Gasteiger charge is -2.04. The van der Waals surface area contributed by atoms with Gasteiger partial charge in [0, 0.05) is 107 Å². The molecule has 16 rings (SSSR count). The highest BCUT2D eigenvalue weighted by atomic mass is 14.7. The lowest BCUT2D eigenvalue weighted by atomic mass is 10.0. The Labute approximate surface area is 886 Å². The average Bonchev–Trinajstić information content (AvgIpc) is 0.862. The molecule has 0 saturated carbocycles. The maximum Gasteiger partial charge on any atom is 0.0401 e. The first-order valence-corrected chi connectivity index (χ1v) is 49.7. The minimum Gasteiger partial charge on any atom is -0.261 e. The maximum absolute atomic E-state index is 4.18. The van der Waals surface area contributed by atoms with Crippen LogP contribution >= 0.6 is 0 Å². The normalized spacial score (nSPS) is 9.42. The molecule has 0 aliphatic carbocycles. The van der Waals surface area contributed by atoms with Crippen molar-refractivity contribution in [2.45, 2.75) is 341 Å². The largest absolute Gasteiger partial charge is 0.261 e. The molecule has 0 aliphatic rings. The van der Waals surface area contributed by atoms with Crippen LogP contribution in [0.3, 0.4) is 0 Å². The van der Waals surface area contributed by atoms with Crippen molar-refractivity contribution < 1.29 is 0 Å². The predicted octanol–water partition coefficient (Wildman–Crippen LogP) is 37.6. The maximum atomic E-state index is 4.18. The standard InChI is InChI=1S/C10H14.5C9H12.7C8H11N.C8H10.2C7H9N.3CH4/c1-7-5-8(2)10(4)9(3)6-7;5*1-7-4-5-8(2)9(3)6-7;5*1-6-4-8(3)9-5-7(6)2;2*1-6-4-7(2)8(3)9-5-6;1-7-3-5-8(2)6-4-7;2*1-6-3-4-7(2)8-5-6;;;/h5-6H,1-4H3;5*4-6H,1-3H3;7*4-5H,1-3H3;3-6H,1-2H3;2*3-5H,1-2H3;3*1H4. The third-order valence-corrected chi connectivity index (χ3v) is 24.2. The minimum absolute atomic E-state index is 0. The second-order valence-electron chi connectivity index (χ2n) is 39.0. The van der Waals surface area contributed by atoms with Crippen molar-refractivity contribution >= 4 is 0 Å². The fraction of sp³-hybridized carbons (Fsp3) is 0.360. The molecule has 0 saturated heterocycles. The van der Waals surface area contributed by atoms with Gasteiger partial charge in [0.05, 0.1) is 0 Å². The first-order valence-electron chi connectivity index (χ1n) is 49.7. The van der Waals surface area contributed by atoms with Crippen LogP contribution in [0.1, 0.15) is 279 Å². The third-order valence-electron chi connectivity index (χ3n) is 24.2. The lowest BCUT2D eigenvalue weighted by Crippen LogP contribution is -1.86. The highest BCUT2D eigenvalue weighted by Crippen LogP contribution is 2.18. The molecule has 9 nitrogen and oxygen atoms in total. The second-order valence-corrected chi connectivity index (χ2v) is 39.0. The van der Waals surface area contributed by atoms with Crippen LogP contribution in [0.5, 0.6) is 0 Å². The Kier molecular flexibility index (Phi) is 67.7. The first kappa shape index (κ1) is 136. The molecule has 0 spiro atoms. The van der Waals surface area contributed by atoms with Crippen molar-refractivity contribution in [1.29, 1.82) is 0 Å². The van der Waals surface area contributed by atoms with Gasteiger partial charge in [0.2, 0.25) is 0 Å².